The van der Waals surface area contributed by atoms with Gasteiger partial charge in [0.15, 0.2) is 11.8 Å². The molecule has 0 bridgehead atoms. The maximum Gasteiger partial charge on any atom is 2.00 e. The normalized spacial score (nSPS) is 17.1. The Hall–Kier alpha value is 0.928. The number of hydrogen-bond acceptors (Lipinski definition) is 8. The fourth-order valence-corrected chi connectivity index (χ4v) is 4.86. The van der Waals surface area contributed by atoms with Crippen LogP contribution in [0.3, 0.4) is 0 Å². The Morgan fingerprint density at radius 1 is 1.00 bits per heavy atom. The maximum atomic E-state index is 11.8. The molecule has 0 aromatic carbocycles. The third kappa shape index (κ3) is 19.4. The van der Waals surface area contributed by atoms with E-state index in [1.54, 1.807) is 42.5 Å². The zero-order chi connectivity index (χ0) is 33.4. The maximum absolute atomic E-state index is 11.8. The van der Waals surface area contributed by atoms with Gasteiger partial charge in [0.2, 0.25) is 0 Å². The smallest absolute Gasteiger partial charge is 2.00 e. The summed E-state index contributed by atoms with van der Waals surface area (Å²) in [6.07, 6.45) is 9.65. The fraction of sp³-hybridized carbons (Fsp3) is 0.333. The van der Waals surface area contributed by atoms with Crippen LogP contribution in [0.4, 0.5) is 0 Å². The van der Waals surface area contributed by atoms with E-state index in [4.69, 9.17) is 12.2 Å². The van der Waals surface area contributed by atoms with Gasteiger partial charge in [0, 0.05) is 34.2 Å². The molecular formula is C30H40I2N4O5S3U2V. The number of rotatable bonds is 8. The average molecular weight is 1410 g/mol. The van der Waals surface area contributed by atoms with E-state index < -0.39 is 10.1 Å². The molecule has 2 unspecified atom stereocenters. The molecular weight excluding hydrogens is 1370 g/mol. The van der Waals surface area contributed by atoms with Crippen LogP contribution in [0, 0.1) is 106 Å². The van der Waals surface area contributed by atoms with E-state index in [9.17, 15) is 18.0 Å². The molecule has 2 fully saturated rings. The van der Waals surface area contributed by atoms with Crippen molar-refractivity contribution in [2.24, 2.45) is 11.8 Å². The number of hydrogen-bond donors (Lipinski definition) is 1. The molecule has 0 aliphatic carbocycles. The van der Waals surface area contributed by atoms with Crippen LogP contribution in [-0.4, -0.2) is 46.3 Å². The minimum atomic E-state index is -3.59. The second-order valence-corrected chi connectivity index (χ2v) is 24.1. The number of β-lactam (4-membered cyclic amide) rings is 2. The molecule has 17 heteroatoms. The molecule has 1 N–H and O–H groups in total. The van der Waals surface area contributed by atoms with Gasteiger partial charge in [0.1, 0.15) is 0 Å². The van der Waals surface area contributed by atoms with Crippen molar-refractivity contribution in [1.82, 2.24) is 19.8 Å². The number of aromatic nitrogens is 2. The SMILES string of the molecule is C.S=c1cc[nH]cc1.[CH2-]C(OS(C)(=O)=O)=C(C)N1[CH-]C(CC)C1=O.[CH2-]C(Sc1ccncc1)=C(C)N1[CH-]C(CC)C1=O.[I][V][I].[U+2].[U+2]. The molecule has 0 radical (unpaired) electrons. The van der Waals surface area contributed by atoms with Crippen LogP contribution in [0.1, 0.15) is 48.0 Å². The molecule has 2 aliphatic rings. The standard InChI is InChI=1S/C14H16N2OS.C10H15NO4S.C5H5NS.CH4.2HI.2U.V/c1-4-12-9-16(14(12)17)10(2)11(3)18-13-5-7-15-8-6-13;1-5-9-6-11(10(9)12)7(2)8(3)15-16(4,13)14;7-5-1-3-6-4-2-5;;;;;;/h5-9,12H,3-4H2,1-2H3;6,9H,3,5H2,1-2,4H3;1-4H,(H,6,7);1H4;2*1H;;;/q2*-2;;;;;3*+2/p-2. The summed E-state index contributed by atoms with van der Waals surface area (Å²) in [6.45, 7) is 18.7. The Labute approximate surface area is 367 Å². The van der Waals surface area contributed by atoms with Crippen molar-refractivity contribution in [2.45, 2.75) is 52.9 Å². The number of pyridine rings is 2. The third-order valence-electron chi connectivity index (χ3n) is 6.01. The number of carbonyl (C=O) groups is 2. The predicted molar refractivity (Wildman–Crippen MR) is 198 cm³/mol. The largest absolute Gasteiger partial charge is 2.00 e. The topological polar surface area (TPSA) is 113 Å². The molecule has 2 aromatic heterocycles. The van der Waals surface area contributed by atoms with E-state index in [1.165, 1.54) is 4.90 Å². The van der Waals surface area contributed by atoms with Crippen LogP contribution < -0.4 is 0 Å². The number of halogens is 2. The zero-order valence-corrected chi connectivity index (χ0v) is 42.6. The molecule has 2 amide bonds. The van der Waals surface area contributed by atoms with E-state index in [0.29, 0.717) is 15.2 Å². The summed E-state index contributed by atoms with van der Waals surface area (Å²) < 4.78 is 27.2. The summed E-state index contributed by atoms with van der Waals surface area (Å²) in [5, 5.41) is 0. The predicted octanol–water partition coefficient (Wildman–Crippen LogP) is 8.48. The van der Waals surface area contributed by atoms with Gasteiger partial charge >= 0.3 is 122 Å². The Balaban J connectivity index is -0.000000612. The van der Waals surface area contributed by atoms with Gasteiger partial charge in [-0.15, -0.1) is 28.1 Å². The van der Waals surface area contributed by atoms with Gasteiger partial charge in [-0.3, -0.25) is 14.6 Å². The van der Waals surface area contributed by atoms with Crippen LogP contribution in [0.5, 0.6) is 0 Å². The molecule has 4 heterocycles. The molecule has 0 spiro atoms. The van der Waals surface area contributed by atoms with Crippen LogP contribution in [0.15, 0.2) is 76.0 Å². The van der Waals surface area contributed by atoms with Crippen LogP contribution in [0.2, 0.25) is 0 Å². The molecule has 0 saturated carbocycles. The Kier molecular flexibility index (Phi) is 30.7. The summed E-state index contributed by atoms with van der Waals surface area (Å²) in [6, 6.07) is 7.55. The van der Waals surface area contributed by atoms with Crippen molar-refractivity contribution in [3.63, 3.8) is 0 Å². The molecule has 2 saturated heterocycles. The van der Waals surface area contributed by atoms with Crippen LogP contribution >= 0.6 is 63.9 Å². The third-order valence-corrected chi connectivity index (χ3v) is 7.83. The number of amides is 2. The molecule has 4 rings (SSSR count). The molecule has 9 nitrogen and oxygen atoms in total. The average Bonchev–Trinajstić information content (AvgIpc) is 2.97. The van der Waals surface area contributed by atoms with Gasteiger partial charge in [-0.1, -0.05) is 72.0 Å². The Morgan fingerprint density at radius 2 is 1.43 bits per heavy atom. The second-order valence-electron chi connectivity index (χ2n) is 9.13. The first-order valence-electron chi connectivity index (χ1n) is 13.1. The molecule has 2 aromatic rings. The van der Waals surface area contributed by atoms with Crippen molar-refractivity contribution in [3.8, 4) is 0 Å². The summed E-state index contributed by atoms with van der Waals surface area (Å²) in [5.41, 5.74) is 1.31. The summed E-state index contributed by atoms with van der Waals surface area (Å²) in [5.74, 6) is 0.0889. The molecule has 2 aliphatic heterocycles. The monoisotopic (exact) mass is 1410 g/mol. The number of likely N-dealkylation sites (tertiary alicyclic amines) is 2. The number of nitrogens with zero attached hydrogens (tertiary/aromatic N) is 3. The quantitative estimate of drug-likeness (QED) is 0.0534. The van der Waals surface area contributed by atoms with Crippen molar-refractivity contribution < 1.29 is 93.9 Å². The first-order chi connectivity index (χ1) is 20.7. The van der Waals surface area contributed by atoms with Crippen LogP contribution in [-0.2, 0) is 33.4 Å². The number of allylic oxidation sites excluding steroid dienone is 4. The Morgan fingerprint density at radius 3 is 1.77 bits per heavy atom. The van der Waals surface area contributed by atoms with Gasteiger partial charge in [0.25, 0.3) is 0 Å². The number of carbonyl (C=O) groups excluding carboxylic acids is 2. The molecule has 47 heavy (non-hydrogen) atoms. The summed E-state index contributed by atoms with van der Waals surface area (Å²) >= 11 is 11.1. The molecule has 2 atom stereocenters. The van der Waals surface area contributed by atoms with Gasteiger partial charge in [0.05, 0.1) is 6.26 Å². The van der Waals surface area contributed by atoms with Crippen molar-refractivity contribution in [2.75, 3.05) is 6.26 Å². The van der Waals surface area contributed by atoms with E-state index in [-0.39, 0.29) is 99.1 Å². The van der Waals surface area contributed by atoms with Crippen molar-refractivity contribution in [3.05, 3.63) is 103 Å². The number of aromatic amines is 1. The van der Waals surface area contributed by atoms with E-state index in [1.807, 2.05) is 64.0 Å². The van der Waals surface area contributed by atoms with E-state index in [0.717, 1.165) is 39.1 Å². The first kappa shape index (κ1) is 52.3. The van der Waals surface area contributed by atoms with E-state index in [2.05, 4.69) is 68.0 Å². The van der Waals surface area contributed by atoms with Crippen molar-refractivity contribution in [1.29, 1.82) is 0 Å². The van der Waals surface area contributed by atoms with Crippen molar-refractivity contribution >= 4 is 85.9 Å². The number of H-pyrrole nitrogens is 1. The Bertz CT molecular complexity index is 1450. The molecule has 255 valence electrons. The zero-order valence-electron chi connectivity index (χ0n) is 26.1. The number of thioether (sulfide) groups is 1. The number of nitrogens with one attached hydrogen (secondary N) is 1. The minimum absolute atomic E-state index is 0. The van der Waals surface area contributed by atoms with Gasteiger partial charge in [-0.05, 0) is 30.0 Å². The fourth-order valence-electron chi connectivity index (χ4n) is 3.45. The van der Waals surface area contributed by atoms with Gasteiger partial charge in [-0.25, -0.2) is 26.9 Å². The summed E-state index contributed by atoms with van der Waals surface area (Å²) in [7, 11) is -2.97. The second kappa shape index (κ2) is 27.6. The van der Waals surface area contributed by atoms with Crippen LogP contribution in [0.25, 0.3) is 0 Å². The first-order valence-corrected chi connectivity index (χ1v) is 25.2. The van der Waals surface area contributed by atoms with E-state index >= 15 is 0 Å². The summed E-state index contributed by atoms with van der Waals surface area (Å²) in [4.78, 5) is 35.2. The minimum Gasteiger partial charge on any atom is 2.00 e. The van der Waals surface area contributed by atoms with Gasteiger partial charge in [-0.2, -0.15) is 8.42 Å². The van der Waals surface area contributed by atoms with Gasteiger partial charge < -0.3 is 19.0 Å².